The van der Waals surface area contributed by atoms with Crippen LogP contribution in [0.5, 0.6) is 0 Å². The lowest BCUT2D eigenvalue weighted by atomic mass is 10.1. The second kappa shape index (κ2) is 11.1. The van der Waals surface area contributed by atoms with E-state index in [0.29, 0.717) is 49.3 Å². The van der Waals surface area contributed by atoms with Gasteiger partial charge in [0.1, 0.15) is 23.4 Å². The Balaban J connectivity index is 1.47. The first-order valence-corrected chi connectivity index (χ1v) is 12.3. The maximum Gasteiger partial charge on any atom is 0.328 e. The van der Waals surface area contributed by atoms with Crippen molar-refractivity contribution in [3.05, 3.63) is 41.2 Å². The molecule has 0 aromatic carbocycles. The molecule has 12 heteroatoms. The fourth-order valence-electron chi connectivity index (χ4n) is 4.58. The van der Waals surface area contributed by atoms with Gasteiger partial charge in [-0.05, 0) is 26.5 Å². The maximum absolute atomic E-state index is 13.0. The van der Waals surface area contributed by atoms with Crippen LogP contribution in [0.2, 0.25) is 0 Å². The molecule has 38 heavy (non-hydrogen) atoms. The highest BCUT2D eigenvalue weighted by Crippen LogP contribution is 2.32. The van der Waals surface area contributed by atoms with Crippen LogP contribution in [0.1, 0.15) is 35.0 Å². The number of urea groups is 1. The third-order valence-electron chi connectivity index (χ3n) is 7.14. The van der Waals surface area contributed by atoms with E-state index in [1.165, 1.54) is 18.1 Å². The molecule has 4 rings (SSSR count). The highest BCUT2D eigenvalue weighted by atomic mass is 16.5. The molecule has 200 valence electrons. The zero-order valence-electron chi connectivity index (χ0n) is 22.1. The van der Waals surface area contributed by atoms with Crippen LogP contribution in [-0.4, -0.2) is 97.5 Å². The van der Waals surface area contributed by atoms with Crippen molar-refractivity contribution in [2.24, 2.45) is 0 Å². The van der Waals surface area contributed by atoms with E-state index in [-0.39, 0.29) is 35.4 Å². The monoisotopic (exact) mass is 520 g/mol. The van der Waals surface area contributed by atoms with Crippen molar-refractivity contribution in [1.82, 2.24) is 19.8 Å². The maximum atomic E-state index is 13.0. The van der Waals surface area contributed by atoms with Gasteiger partial charge < -0.3 is 14.5 Å². The number of piperazine rings is 1. The van der Waals surface area contributed by atoms with E-state index in [4.69, 9.17) is 4.74 Å². The average molecular weight is 521 g/mol. The number of nitriles is 1. The summed E-state index contributed by atoms with van der Waals surface area (Å²) in [5, 5.41) is 12.3. The minimum Gasteiger partial charge on any atom is -0.377 e. The number of rotatable bonds is 7. The SMILES string of the molecule is COC1(C)CCN(c2cc(NC(=O)N(C)c3ccc(CN4CCN(C)CC4=O)c(C=O)n3)ncc2C#N)C1. The van der Waals surface area contributed by atoms with Crippen LogP contribution in [0.4, 0.5) is 22.1 Å². The number of carbonyl (C=O) groups excluding carboxylic acids is 3. The highest BCUT2D eigenvalue weighted by molar-refractivity contribution is 6.00. The molecule has 2 saturated heterocycles. The number of nitrogens with one attached hydrogen (secondary N) is 1. The number of aldehydes is 1. The number of amides is 3. The number of hydrogen-bond donors (Lipinski definition) is 1. The summed E-state index contributed by atoms with van der Waals surface area (Å²) >= 11 is 0. The molecule has 1 unspecified atom stereocenters. The van der Waals surface area contributed by atoms with Crippen molar-refractivity contribution in [3.8, 4) is 6.07 Å². The zero-order chi connectivity index (χ0) is 27.4. The summed E-state index contributed by atoms with van der Waals surface area (Å²) in [5.41, 5.74) is 1.55. The van der Waals surface area contributed by atoms with Gasteiger partial charge in [0.05, 0.1) is 23.4 Å². The van der Waals surface area contributed by atoms with Crippen molar-refractivity contribution in [2.75, 3.05) is 69.0 Å². The van der Waals surface area contributed by atoms with Crippen LogP contribution >= 0.6 is 0 Å². The van der Waals surface area contributed by atoms with E-state index in [9.17, 15) is 19.6 Å². The molecule has 2 aliphatic heterocycles. The molecule has 2 aromatic heterocycles. The molecule has 2 fully saturated rings. The first-order valence-electron chi connectivity index (χ1n) is 12.3. The topological polar surface area (TPSA) is 135 Å². The van der Waals surface area contributed by atoms with Crippen molar-refractivity contribution >= 4 is 35.5 Å². The number of ether oxygens (including phenoxy) is 1. The number of likely N-dealkylation sites (N-methyl/N-ethyl adjacent to an activating group) is 1. The van der Waals surface area contributed by atoms with Gasteiger partial charge in [-0.15, -0.1) is 0 Å². The predicted molar refractivity (Wildman–Crippen MR) is 141 cm³/mol. The number of carbonyl (C=O) groups is 3. The quantitative estimate of drug-likeness (QED) is 0.541. The van der Waals surface area contributed by atoms with Crippen molar-refractivity contribution in [2.45, 2.75) is 25.5 Å². The standard InChI is InChI=1S/C26H32N8O4/c1-26(38-4)7-8-34(17-26)21-11-22(28-13-19(21)12-27)30-25(37)32(3)23-6-5-18(20(16-35)29-23)14-33-10-9-31(2)15-24(33)36/h5-6,11,13,16H,7-10,14-15,17H2,1-4H3,(H,28,30,37). The Morgan fingerprint density at radius 3 is 2.79 bits per heavy atom. The lowest BCUT2D eigenvalue weighted by molar-refractivity contribution is -0.136. The smallest absolute Gasteiger partial charge is 0.328 e. The number of anilines is 3. The van der Waals surface area contributed by atoms with Crippen LogP contribution < -0.4 is 15.1 Å². The third-order valence-corrected chi connectivity index (χ3v) is 7.14. The minimum atomic E-state index is -0.511. The lowest BCUT2D eigenvalue weighted by Crippen LogP contribution is -2.48. The van der Waals surface area contributed by atoms with Crippen LogP contribution in [0.25, 0.3) is 0 Å². The van der Waals surface area contributed by atoms with Crippen molar-refractivity contribution in [3.63, 3.8) is 0 Å². The molecule has 2 aromatic rings. The van der Waals surface area contributed by atoms with Gasteiger partial charge >= 0.3 is 6.03 Å². The molecule has 4 heterocycles. The number of methoxy groups -OCH3 is 1. The summed E-state index contributed by atoms with van der Waals surface area (Å²) in [6.07, 6.45) is 2.87. The second-order valence-corrected chi connectivity index (χ2v) is 9.90. The Bertz CT molecular complexity index is 1280. The molecule has 1 N–H and O–H groups in total. The van der Waals surface area contributed by atoms with Gasteiger partial charge in [-0.25, -0.2) is 14.8 Å². The van der Waals surface area contributed by atoms with Crippen LogP contribution in [0.15, 0.2) is 24.4 Å². The first-order chi connectivity index (χ1) is 18.2. The summed E-state index contributed by atoms with van der Waals surface area (Å²) in [6, 6.07) is 6.67. The van der Waals surface area contributed by atoms with Crippen LogP contribution in [0.3, 0.4) is 0 Å². The van der Waals surface area contributed by atoms with E-state index >= 15 is 0 Å². The van der Waals surface area contributed by atoms with Gasteiger partial charge in [0.2, 0.25) is 5.91 Å². The summed E-state index contributed by atoms with van der Waals surface area (Å²) in [6.45, 7) is 5.28. The van der Waals surface area contributed by atoms with Crippen LogP contribution in [-0.2, 0) is 16.1 Å². The van der Waals surface area contributed by atoms with Crippen molar-refractivity contribution in [1.29, 1.82) is 5.26 Å². The summed E-state index contributed by atoms with van der Waals surface area (Å²) < 4.78 is 5.61. The van der Waals surface area contributed by atoms with Gasteiger partial charge in [0.15, 0.2) is 6.29 Å². The molecular weight excluding hydrogens is 488 g/mol. The van der Waals surface area contributed by atoms with Gasteiger partial charge in [-0.3, -0.25) is 24.7 Å². The molecule has 0 aliphatic carbocycles. The fourth-order valence-corrected chi connectivity index (χ4v) is 4.58. The molecule has 2 aliphatic rings. The van der Waals surface area contributed by atoms with E-state index in [0.717, 1.165) is 13.0 Å². The Morgan fingerprint density at radius 1 is 1.34 bits per heavy atom. The Hall–Kier alpha value is -4.08. The minimum absolute atomic E-state index is 0.00812. The number of hydrogen-bond acceptors (Lipinski definition) is 9. The Kier molecular flexibility index (Phi) is 7.89. The largest absolute Gasteiger partial charge is 0.377 e. The molecule has 3 amide bonds. The molecule has 1 atom stereocenters. The number of pyridine rings is 2. The van der Waals surface area contributed by atoms with E-state index in [1.807, 2.05) is 23.8 Å². The van der Waals surface area contributed by atoms with Crippen molar-refractivity contribution < 1.29 is 19.1 Å². The molecule has 0 radical (unpaired) electrons. The van der Waals surface area contributed by atoms with Gasteiger partial charge in [-0.1, -0.05) is 6.07 Å². The first kappa shape index (κ1) is 27.0. The average Bonchev–Trinajstić information content (AvgIpc) is 3.32. The number of nitrogens with zero attached hydrogens (tertiary/aromatic N) is 7. The lowest BCUT2D eigenvalue weighted by Gasteiger charge is -2.32. The summed E-state index contributed by atoms with van der Waals surface area (Å²) in [5.74, 6) is 0.538. The third kappa shape index (κ3) is 5.74. The Morgan fingerprint density at radius 2 is 2.13 bits per heavy atom. The van der Waals surface area contributed by atoms with E-state index in [1.54, 1.807) is 30.2 Å². The van der Waals surface area contributed by atoms with Gasteiger partial charge in [0.25, 0.3) is 0 Å². The number of aromatic nitrogens is 2. The van der Waals surface area contributed by atoms with Crippen LogP contribution in [0, 0.1) is 11.3 Å². The normalized spacial score (nSPS) is 19.8. The molecule has 0 bridgehead atoms. The molecular formula is C26H32N8O4. The summed E-state index contributed by atoms with van der Waals surface area (Å²) in [7, 11) is 5.09. The fraction of sp³-hybridized carbons (Fsp3) is 0.462. The van der Waals surface area contributed by atoms with E-state index < -0.39 is 6.03 Å². The van der Waals surface area contributed by atoms with Gasteiger partial charge in [0, 0.05) is 64.7 Å². The predicted octanol–water partition coefficient (Wildman–Crippen LogP) is 1.72. The van der Waals surface area contributed by atoms with Gasteiger partial charge in [-0.2, -0.15) is 5.26 Å². The zero-order valence-corrected chi connectivity index (χ0v) is 22.1. The molecule has 0 spiro atoms. The summed E-state index contributed by atoms with van der Waals surface area (Å²) in [4.78, 5) is 52.7. The highest BCUT2D eigenvalue weighted by Gasteiger charge is 2.35. The second-order valence-electron chi connectivity index (χ2n) is 9.90. The molecule has 0 saturated carbocycles. The van der Waals surface area contributed by atoms with E-state index in [2.05, 4.69) is 21.4 Å². The Labute approximate surface area is 221 Å². The molecule has 12 nitrogen and oxygen atoms in total.